The lowest BCUT2D eigenvalue weighted by atomic mass is 10.1. The second-order valence-electron chi connectivity index (χ2n) is 6.63. The fourth-order valence-corrected chi connectivity index (χ4v) is 4.36. The van der Waals surface area contributed by atoms with Gasteiger partial charge in [0, 0.05) is 24.1 Å². The molecule has 2 aromatic rings. The number of amides is 2. The van der Waals surface area contributed by atoms with E-state index < -0.39 is 0 Å². The fraction of sp³-hybridized carbons (Fsp3) is 0.238. The van der Waals surface area contributed by atoms with Gasteiger partial charge in [-0.15, -0.1) is 0 Å². The number of carbonyl (C=O) groups excluding carboxylic acids is 2. The van der Waals surface area contributed by atoms with E-state index in [-0.39, 0.29) is 17.6 Å². The van der Waals surface area contributed by atoms with Crippen molar-refractivity contribution in [3.63, 3.8) is 0 Å². The van der Waals surface area contributed by atoms with Gasteiger partial charge < -0.3 is 9.80 Å². The number of hydrogen-bond donors (Lipinski definition) is 0. The summed E-state index contributed by atoms with van der Waals surface area (Å²) in [7, 11) is 0. The van der Waals surface area contributed by atoms with E-state index >= 15 is 0 Å². The van der Waals surface area contributed by atoms with Crippen molar-refractivity contribution in [2.75, 3.05) is 18.0 Å². The molecule has 0 atom stereocenters. The van der Waals surface area contributed by atoms with E-state index in [1.54, 1.807) is 21.9 Å². The van der Waals surface area contributed by atoms with Gasteiger partial charge in [-0.2, -0.15) is 0 Å². The molecule has 0 spiro atoms. The third-order valence-corrected chi connectivity index (χ3v) is 5.84. The summed E-state index contributed by atoms with van der Waals surface area (Å²) in [6.07, 6.45) is 3.48. The highest BCUT2D eigenvalue weighted by atomic mass is 32.2. The molecular formula is C21H19FN2O2S. The molecule has 0 bridgehead atoms. The van der Waals surface area contributed by atoms with Crippen molar-refractivity contribution in [2.24, 2.45) is 0 Å². The molecular weight excluding hydrogens is 363 g/mol. The number of rotatable bonds is 3. The molecule has 0 unspecified atom stereocenters. The summed E-state index contributed by atoms with van der Waals surface area (Å²) in [4.78, 5) is 30.4. The predicted molar refractivity (Wildman–Crippen MR) is 104 cm³/mol. The minimum atomic E-state index is -0.309. The molecule has 0 radical (unpaired) electrons. The van der Waals surface area contributed by atoms with Gasteiger partial charge in [-0.05, 0) is 42.7 Å². The first-order valence-corrected chi connectivity index (χ1v) is 9.77. The molecule has 6 heteroatoms. The number of hydrogen-bond acceptors (Lipinski definition) is 3. The Morgan fingerprint density at radius 3 is 2.52 bits per heavy atom. The highest BCUT2D eigenvalue weighted by molar-refractivity contribution is 8.04. The molecule has 0 aliphatic carbocycles. The maximum Gasteiger partial charge on any atom is 0.265 e. The summed E-state index contributed by atoms with van der Waals surface area (Å²) in [5, 5.41) is 0. The molecule has 0 N–H and O–H groups in total. The summed E-state index contributed by atoms with van der Waals surface area (Å²) in [6.45, 7) is 1.82. The van der Waals surface area contributed by atoms with Crippen LogP contribution < -0.4 is 4.90 Å². The number of halogens is 1. The van der Waals surface area contributed by atoms with Gasteiger partial charge in [0.1, 0.15) is 5.82 Å². The van der Waals surface area contributed by atoms with Gasteiger partial charge in [0.05, 0.1) is 17.1 Å². The molecule has 4 rings (SSSR count). The zero-order chi connectivity index (χ0) is 18.8. The van der Waals surface area contributed by atoms with E-state index in [4.69, 9.17) is 0 Å². The third kappa shape index (κ3) is 3.76. The number of para-hydroxylation sites is 1. The number of nitrogens with zero attached hydrogens (tertiary/aromatic N) is 2. The van der Waals surface area contributed by atoms with E-state index in [0.29, 0.717) is 11.4 Å². The smallest absolute Gasteiger partial charge is 0.265 e. The third-order valence-electron chi connectivity index (χ3n) is 4.76. The summed E-state index contributed by atoms with van der Waals surface area (Å²) in [5.74, 6) is -0.614. The highest BCUT2D eigenvalue weighted by Gasteiger charge is 2.30. The van der Waals surface area contributed by atoms with Crippen LogP contribution in [0.3, 0.4) is 0 Å². The normalized spacial score (nSPS) is 18.1. The maximum absolute atomic E-state index is 13.2. The predicted octanol–water partition coefficient (Wildman–Crippen LogP) is 3.97. The summed E-state index contributed by atoms with van der Waals surface area (Å²) >= 11 is 1.33. The first-order chi connectivity index (χ1) is 13.1. The first kappa shape index (κ1) is 17.8. The quantitative estimate of drug-likeness (QED) is 0.754. The van der Waals surface area contributed by atoms with Crippen LogP contribution in [-0.4, -0.2) is 29.8 Å². The minimum absolute atomic E-state index is 0.107. The van der Waals surface area contributed by atoms with Crippen LogP contribution in [0, 0.1) is 5.82 Å². The Labute approximate surface area is 161 Å². The van der Waals surface area contributed by atoms with E-state index in [9.17, 15) is 14.0 Å². The Morgan fingerprint density at radius 1 is 1.07 bits per heavy atom. The van der Waals surface area contributed by atoms with Crippen LogP contribution in [-0.2, 0) is 16.1 Å². The Hall–Kier alpha value is -2.60. The van der Waals surface area contributed by atoms with Crippen LogP contribution in [0.1, 0.15) is 18.4 Å². The average molecular weight is 382 g/mol. The zero-order valence-electron chi connectivity index (χ0n) is 14.7. The second-order valence-corrected chi connectivity index (χ2v) is 7.71. The van der Waals surface area contributed by atoms with Crippen molar-refractivity contribution in [1.82, 2.24) is 4.90 Å². The molecule has 2 aliphatic rings. The zero-order valence-corrected chi connectivity index (χ0v) is 15.5. The molecule has 0 aromatic heterocycles. The second kappa shape index (κ2) is 7.56. The van der Waals surface area contributed by atoms with Gasteiger partial charge in [0.25, 0.3) is 5.91 Å². The van der Waals surface area contributed by atoms with Gasteiger partial charge >= 0.3 is 0 Å². The van der Waals surface area contributed by atoms with Crippen LogP contribution >= 0.6 is 11.8 Å². The number of thioether (sulfide) groups is 1. The van der Waals surface area contributed by atoms with Gasteiger partial charge in [0.15, 0.2) is 0 Å². The summed E-state index contributed by atoms with van der Waals surface area (Å²) in [6, 6.07) is 13.8. The molecule has 1 fully saturated rings. The Morgan fingerprint density at radius 2 is 1.78 bits per heavy atom. The lowest BCUT2D eigenvalue weighted by molar-refractivity contribution is -0.125. The van der Waals surface area contributed by atoms with E-state index in [2.05, 4.69) is 0 Å². The van der Waals surface area contributed by atoms with Crippen molar-refractivity contribution in [3.05, 3.63) is 70.9 Å². The van der Waals surface area contributed by atoms with Crippen molar-refractivity contribution in [2.45, 2.75) is 24.3 Å². The Bertz CT molecular complexity index is 905. The summed E-state index contributed by atoms with van der Waals surface area (Å²) in [5.41, 5.74) is 1.64. The van der Waals surface area contributed by atoms with Gasteiger partial charge in [-0.25, -0.2) is 4.39 Å². The lowest BCUT2D eigenvalue weighted by Crippen LogP contribution is -2.35. The maximum atomic E-state index is 13.2. The molecule has 1 saturated heterocycles. The SMILES string of the molecule is O=C(/C=C1/Sc2ccccc2N(Cc2ccc(F)cc2)C1=O)N1CCCC1. The van der Waals surface area contributed by atoms with E-state index in [1.807, 2.05) is 24.3 Å². The number of carbonyl (C=O) groups is 2. The first-order valence-electron chi connectivity index (χ1n) is 8.95. The lowest BCUT2D eigenvalue weighted by Gasteiger charge is -2.30. The Balaban J connectivity index is 1.65. The average Bonchev–Trinajstić information content (AvgIpc) is 3.21. The standard InChI is InChI=1S/C21H19FN2O2S/c22-16-9-7-15(8-10-16)14-24-17-5-1-2-6-18(17)27-19(21(24)26)13-20(25)23-11-3-4-12-23/h1-2,5-10,13H,3-4,11-12,14H2/b19-13+. The van der Waals surface area contributed by atoms with Crippen molar-refractivity contribution < 1.29 is 14.0 Å². The van der Waals surface area contributed by atoms with E-state index in [1.165, 1.54) is 30.0 Å². The van der Waals surface area contributed by atoms with Crippen LogP contribution in [0.5, 0.6) is 0 Å². The van der Waals surface area contributed by atoms with Crippen LogP contribution in [0.15, 0.2) is 64.4 Å². The van der Waals surface area contributed by atoms with Crippen LogP contribution in [0.25, 0.3) is 0 Å². The molecule has 138 valence electrons. The topological polar surface area (TPSA) is 40.6 Å². The number of anilines is 1. The van der Waals surface area contributed by atoms with Gasteiger partial charge in [-0.1, -0.05) is 36.0 Å². The number of benzene rings is 2. The minimum Gasteiger partial charge on any atom is -0.339 e. The van der Waals surface area contributed by atoms with Crippen molar-refractivity contribution >= 4 is 29.3 Å². The Kier molecular flexibility index (Phi) is 4.99. The molecule has 2 amide bonds. The monoisotopic (exact) mass is 382 g/mol. The molecule has 2 aliphatic heterocycles. The van der Waals surface area contributed by atoms with Gasteiger partial charge in [-0.3, -0.25) is 9.59 Å². The van der Waals surface area contributed by atoms with Crippen LogP contribution in [0.2, 0.25) is 0 Å². The molecule has 4 nitrogen and oxygen atoms in total. The molecule has 2 aromatic carbocycles. The van der Waals surface area contributed by atoms with Crippen molar-refractivity contribution in [3.8, 4) is 0 Å². The molecule has 2 heterocycles. The fourth-order valence-electron chi connectivity index (χ4n) is 3.33. The summed E-state index contributed by atoms with van der Waals surface area (Å²) < 4.78 is 13.2. The largest absolute Gasteiger partial charge is 0.339 e. The van der Waals surface area contributed by atoms with Gasteiger partial charge in [0.2, 0.25) is 5.91 Å². The molecule has 0 saturated carbocycles. The van der Waals surface area contributed by atoms with E-state index in [0.717, 1.165) is 42.1 Å². The molecule has 27 heavy (non-hydrogen) atoms. The number of fused-ring (bicyclic) bond motifs is 1. The number of likely N-dealkylation sites (tertiary alicyclic amines) is 1. The van der Waals surface area contributed by atoms with Crippen LogP contribution in [0.4, 0.5) is 10.1 Å². The highest BCUT2D eigenvalue weighted by Crippen LogP contribution is 2.42. The van der Waals surface area contributed by atoms with Crippen molar-refractivity contribution in [1.29, 1.82) is 0 Å².